The SMILES string of the molecule is CCOc1cccc2[nH]cc(C(=O)C3CC4CC4C3)c12. The van der Waals surface area contributed by atoms with Crippen LogP contribution in [0.15, 0.2) is 24.4 Å². The minimum absolute atomic E-state index is 0.229. The van der Waals surface area contributed by atoms with Crippen molar-refractivity contribution in [3.05, 3.63) is 30.0 Å². The lowest BCUT2D eigenvalue weighted by molar-refractivity contribution is 0.0916. The molecule has 104 valence electrons. The van der Waals surface area contributed by atoms with Gasteiger partial charge in [0.2, 0.25) is 0 Å². The first kappa shape index (κ1) is 12.0. The highest BCUT2D eigenvalue weighted by atomic mass is 16.5. The molecule has 2 saturated carbocycles. The maximum atomic E-state index is 12.8. The van der Waals surface area contributed by atoms with Crippen molar-refractivity contribution in [2.45, 2.75) is 26.2 Å². The van der Waals surface area contributed by atoms with Crippen molar-refractivity contribution in [1.82, 2.24) is 4.98 Å². The fraction of sp³-hybridized carbons (Fsp3) is 0.471. The normalized spacial score (nSPS) is 27.6. The van der Waals surface area contributed by atoms with Gasteiger partial charge >= 0.3 is 0 Å². The van der Waals surface area contributed by atoms with E-state index in [0.717, 1.165) is 46.9 Å². The van der Waals surface area contributed by atoms with Crippen molar-refractivity contribution in [3.8, 4) is 5.75 Å². The third kappa shape index (κ3) is 1.76. The molecule has 2 atom stereocenters. The summed E-state index contributed by atoms with van der Waals surface area (Å²) in [7, 11) is 0. The van der Waals surface area contributed by atoms with Gasteiger partial charge in [0, 0.05) is 23.2 Å². The minimum Gasteiger partial charge on any atom is -0.493 e. The Morgan fingerprint density at radius 1 is 1.30 bits per heavy atom. The van der Waals surface area contributed by atoms with E-state index in [-0.39, 0.29) is 5.92 Å². The number of ketones is 1. The lowest BCUT2D eigenvalue weighted by atomic mass is 9.93. The third-order valence-electron chi connectivity index (χ3n) is 4.85. The molecule has 20 heavy (non-hydrogen) atoms. The van der Waals surface area contributed by atoms with Crippen LogP contribution < -0.4 is 4.74 Å². The van der Waals surface area contributed by atoms with Gasteiger partial charge in [0.25, 0.3) is 0 Å². The van der Waals surface area contributed by atoms with Gasteiger partial charge in [-0.15, -0.1) is 0 Å². The van der Waals surface area contributed by atoms with E-state index < -0.39 is 0 Å². The summed E-state index contributed by atoms with van der Waals surface area (Å²) in [4.78, 5) is 16.0. The van der Waals surface area contributed by atoms with Crippen LogP contribution in [0, 0.1) is 17.8 Å². The van der Waals surface area contributed by atoms with E-state index in [4.69, 9.17) is 4.74 Å². The Morgan fingerprint density at radius 3 is 2.85 bits per heavy atom. The van der Waals surface area contributed by atoms with E-state index in [9.17, 15) is 4.79 Å². The predicted molar refractivity (Wildman–Crippen MR) is 78.1 cm³/mol. The van der Waals surface area contributed by atoms with E-state index in [1.165, 1.54) is 6.42 Å². The molecule has 2 aliphatic rings. The van der Waals surface area contributed by atoms with Crippen LogP contribution >= 0.6 is 0 Å². The quantitative estimate of drug-likeness (QED) is 0.858. The smallest absolute Gasteiger partial charge is 0.168 e. The number of ether oxygens (including phenoxy) is 1. The van der Waals surface area contributed by atoms with Crippen molar-refractivity contribution in [2.24, 2.45) is 17.8 Å². The number of carbonyl (C=O) groups excluding carboxylic acids is 1. The van der Waals surface area contributed by atoms with E-state index in [1.54, 1.807) is 0 Å². The number of hydrogen-bond acceptors (Lipinski definition) is 2. The average Bonchev–Trinajstić information content (AvgIpc) is 2.90. The summed E-state index contributed by atoms with van der Waals surface area (Å²) in [5.41, 5.74) is 1.80. The molecule has 0 radical (unpaired) electrons. The molecule has 1 N–H and O–H groups in total. The van der Waals surface area contributed by atoms with Gasteiger partial charge in [-0.25, -0.2) is 0 Å². The highest BCUT2D eigenvalue weighted by molar-refractivity contribution is 6.11. The zero-order valence-corrected chi connectivity index (χ0v) is 11.7. The summed E-state index contributed by atoms with van der Waals surface area (Å²) in [6.07, 6.45) is 5.39. The summed E-state index contributed by atoms with van der Waals surface area (Å²) in [5, 5.41) is 0.958. The molecule has 4 rings (SSSR count). The highest BCUT2D eigenvalue weighted by Crippen LogP contribution is 2.55. The number of fused-ring (bicyclic) bond motifs is 2. The predicted octanol–water partition coefficient (Wildman–Crippen LogP) is 3.80. The number of benzene rings is 1. The van der Waals surface area contributed by atoms with Crippen molar-refractivity contribution >= 4 is 16.7 Å². The van der Waals surface area contributed by atoms with Crippen molar-refractivity contribution < 1.29 is 9.53 Å². The molecule has 3 nitrogen and oxygen atoms in total. The standard InChI is InChI=1S/C17H19NO2/c1-2-20-15-5-3-4-14-16(15)13(9-18-14)17(19)12-7-10-6-11(10)8-12/h3-5,9-12,18H,2,6-8H2,1H3. The van der Waals surface area contributed by atoms with Gasteiger partial charge in [-0.1, -0.05) is 6.07 Å². The molecular formula is C17H19NO2. The fourth-order valence-corrected chi connectivity index (χ4v) is 3.77. The van der Waals surface area contributed by atoms with Crippen LogP contribution in [0.25, 0.3) is 10.9 Å². The van der Waals surface area contributed by atoms with Crippen molar-refractivity contribution in [3.63, 3.8) is 0 Å². The largest absolute Gasteiger partial charge is 0.493 e. The molecule has 0 spiro atoms. The maximum Gasteiger partial charge on any atom is 0.168 e. The summed E-state index contributed by atoms with van der Waals surface area (Å²) < 4.78 is 5.69. The van der Waals surface area contributed by atoms with Crippen LogP contribution in [0.3, 0.4) is 0 Å². The summed E-state index contributed by atoms with van der Waals surface area (Å²) >= 11 is 0. The molecular weight excluding hydrogens is 250 g/mol. The minimum atomic E-state index is 0.229. The van der Waals surface area contributed by atoms with Gasteiger partial charge in [-0.05, 0) is 50.2 Å². The maximum absolute atomic E-state index is 12.8. The first-order valence-corrected chi connectivity index (χ1v) is 7.55. The van der Waals surface area contributed by atoms with Gasteiger partial charge in [0.1, 0.15) is 5.75 Å². The number of aromatic nitrogens is 1. The molecule has 1 aromatic heterocycles. The lowest BCUT2D eigenvalue weighted by Gasteiger charge is -2.11. The van der Waals surface area contributed by atoms with Gasteiger partial charge in [0.15, 0.2) is 5.78 Å². The number of rotatable bonds is 4. The Balaban J connectivity index is 1.73. The molecule has 2 unspecified atom stereocenters. The van der Waals surface area contributed by atoms with Crippen molar-refractivity contribution in [2.75, 3.05) is 6.61 Å². The molecule has 1 aromatic carbocycles. The van der Waals surface area contributed by atoms with Crippen LogP contribution in [-0.4, -0.2) is 17.4 Å². The molecule has 2 fully saturated rings. The van der Waals surface area contributed by atoms with Crippen LogP contribution in [0.5, 0.6) is 5.75 Å². The summed E-state index contributed by atoms with van der Waals surface area (Å²) in [6.45, 7) is 2.59. The van der Waals surface area contributed by atoms with Gasteiger partial charge in [-0.2, -0.15) is 0 Å². The van der Waals surface area contributed by atoms with Crippen LogP contribution in [0.1, 0.15) is 36.5 Å². The second kappa shape index (κ2) is 4.37. The van der Waals surface area contributed by atoms with Crippen LogP contribution in [-0.2, 0) is 0 Å². The lowest BCUT2D eigenvalue weighted by Crippen LogP contribution is -2.12. The van der Waals surface area contributed by atoms with Gasteiger partial charge in [0.05, 0.1) is 12.0 Å². The molecule has 0 bridgehead atoms. The second-order valence-electron chi connectivity index (χ2n) is 6.10. The monoisotopic (exact) mass is 269 g/mol. The number of hydrogen-bond donors (Lipinski definition) is 1. The number of Topliss-reactive ketones (excluding diaryl/α,β-unsaturated/α-hetero) is 1. The first-order chi connectivity index (χ1) is 9.78. The molecule has 0 aliphatic heterocycles. The third-order valence-corrected chi connectivity index (χ3v) is 4.85. The number of carbonyl (C=O) groups is 1. The van der Waals surface area contributed by atoms with Crippen molar-refractivity contribution in [1.29, 1.82) is 0 Å². The van der Waals surface area contributed by atoms with Crippen LogP contribution in [0.2, 0.25) is 0 Å². The average molecular weight is 269 g/mol. The molecule has 2 aliphatic carbocycles. The van der Waals surface area contributed by atoms with Gasteiger partial charge < -0.3 is 9.72 Å². The zero-order chi connectivity index (χ0) is 13.7. The number of nitrogens with one attached hydrogen (secondary N) is 1. The van der Waals surface area contributed by atoms with E-state index in [1.807, 2.05) is 31.3 Å². The van der Waals surface area contributed by atoms with E-state index in [0.29, 0.717) is 12.4 Å². The fourth-order valence-electron chi connectivity index (χ4n) is 3.77. The Morgan fingerprint density at radius 2 is 2.10 bits per heavy atom. The number of aromatic amines is 1. The van der Waals surface area contributed by atoms with Crippen LogP contribution in [0.4, 0.5) is 0 Å². The van der Waals surface area contributed by atoms with Gasteiger partial charge in [-0.3, -0.25) is 4.79 Å². The summed E-state index contributed by atoms with van der Waals surface area (Å²) in [6, 6.07) is 5.91. The molecule has 1 heterocycles. The zero-order valence-electron chi connectivity index (χ0n) is 11.7. The molecule has 2 aromatic rings. The second-order valence-corrected chi connectivity index (χ2v) is 6.10. The summed E-state index contributed by atoms with van der Waals surface area (Å²) in [5.74, 6) is 3.02. The van der Waals surface area contributed by atoms with E-state index in [2.05, 4.69) is 4.98 Å². The highest BCUT2D eigenvalue weighted by Gasteiger charge is 2.48. The molecule has 0 amide bonds. The Bertz CT molecular complexity index is 663. The van der Waals surface area contributed by atoms with E-state index >= 15 is 0 Å². The Labute approximate surface area is 118 Å². The molecule has 0 saturated heterocycles. The molecule has 3 heteroatoms. The number of H-pyrrole nitrogens is 1. The first-order valence-electron chi connectivity index (χ1n) is 7.55. The topological polar surface area (TPSA) is 42.1 Å². The Hall–Kier alpha value is -1.77. The Kier molecular flexibility index (Phi) is 2.62.